The highest BCUT2D eigenvalue weighted by molar-refractivity contribution is 7.98. The number of nitrogens with one attached hydrogen (secondary N) is 1. The molecule has 27 heavy (non-hydrogen) atoms. The van der Waals surface area contributed by atoms with Crippen molar-refractivity contribution in [2.45, 2.75) is 38.5 Å². The van der Waals surface area contributed by atoms with E-state index in [2.05, 4.69) is 5.32 Å². The molecule has 6 nitrogen and oxygen atoms in total. The molecule has 148 valence electrons. The lowest BCUT2D eigenvalue weighted by Gasteiger charge is -2.34. The van der Waals surface area contributed by atoms with Gasteiger partial charge in [-0.25, -0.2) is 0 Å². The number of amides is 2. The Morgan fingerprint density at radius 3 is 2.26 bits per heavy atom. The molecular weight excluding hydrogens is 364 g/mol. The van der Waals surface area contributed by atoms with E-state index >= 15 is 0 Å². The molecule has 0 aliphatic carbocycles. The zero-order valence-corrected chi connectivity index (χ0v) is 17.2. The molecule has 0 saturated carbocycles. The number of nitrogens with zero attached hydrogens (tertiary/aromatic N) is 1. The number of ether oxygens (including phenoxy) is 1. The first-order chi connectivity index (χ1) is 12.7. The van der Waals surface area contributed by atoms with Gasteiger partial charge in [-0.1, -0.05) is 20.8 Å². The average Bonchev–Trinajstić information content (AvgIpc) is 2.65. The summed E-state index contributed by atoms with van der Waals surface area (Å²) in [5, 5.41) is 2.71. The van der Waals surface area contributed by atoms with Gasteiger partial charge >= 0.3 is 5.97 Å². The SMILES string of the molecule is CSc1ccc(NC(=O)COC(=O)C2CCN(C(=O)C(C)(C)C)CC2)cc1. The van der Waals surface area contributed by atoms with E-state index in [9.17, 15) is 14.4 Å². The largest absolute Gasteiger partial charge is 0.455 e. The highest BCUT2D eigenvalue weighted by Crippen LogP contribution is 2.24. The highest BCUT2D eigenvalue weighted by atomic mass is 32.2. The minimum atomic E-state index is -0.417. The molecule has 1 heterocycles. The maximum absolute atomic E-state index is 12.3. The van der Waals surface area contributed by atoms with Crippen molar-refractivity contribution in [2.24, 2.45) is 11.3 Å². The number of anilines is 1. The van der Waals surface area contributed by atoms with Gasteiger partial charge in [0.1, 0.15) is 0 Å². The smallest absolute Gasteiger partial charge is 0.309 e. The summed E-state index contributed by atoms with van der Waals surface area (Å²) in [4.78, 5) is 39.4. The van der Waals surface area contributed by atoms with Crippen molar-refractivity contribution in [3.63, 3.8) is 0 Å². The van der Waals surface area contributed by atoms with E-state index in [1.54, 1.807) is 16.7 Å². The van der Waals surface area contributed by atoms with Gasteiger partial charge in [-0.2, -0.15) is 0 Å². The predicted molar refractivity (Wildman–Crippen MR) is 107 cm³/mol. The lowest BCUT2D eigenvalue weighted by Crippen LogP contribution is -2.45. The first-order valence-electron chi connectivity index (χ1n) is 9.10. The fourth-order valence-corrected chi connectivity index (χ4v) is 3.33. The van der Waals surface area contributed by atoms with E-state index in [0.29, 0.717) is 31.6 Å². The van der Waals surface area contributed by atoms with Crippen molar-refractivity contribution in [3.05, 3.63) is 24.3 Å². The van der Waals surface area contributed by atoms with Gasteiger partial charge < -0.3 is 15.0 Å². The van der Waals surface area contributed by atoms with Crippen LogP contribution in [0, 0.1) is 11.3 Å². The Morgan fingerprint density at radius 1 is 1.15 bits per heavy atom. The molecule has 1 aliphatic heterocycles. The van der Waals surface area contributed by atoms with Crippen molar-refractivity contribution in [2.75, 3.05) is 31.3 Å². The third kappa shape index (κ3) is 6.27. The van der Waals surface area contributed by atoms with E-state index in [-0.39, 0.29) is 30.3 Å². The summed E-state index contributed by atoms with van der Waals surface area (Å²) >= 11 is 1.62. The molecule has 0 aromatic heterocycles. The summed E-state index contributed by atoms with van der Waals surface area (Å²) in [5.74, 6) is -0.893. The number of esters is 1. The third-order valence-corrected chi connectivity index (χ3v) is 5.22. The molecule has 2 rings (SSSR count). The molecule has 1 N–H and O–H groups in total. The number of thioether (sulfide) groups is 1. The number of benzene rings is 1. The van der Waals surface area contributed by atoms with Gasteiger partial charge in [0, 0.05) is 29.1 Å². The summed E-state index contributed by atoms with van der Waals surface area (Å²) in [6.07, 6.45) is 3.12. The Kier molecular flexibility index (Phi) is 7.30. The van der Waals surface area contributed by atoms with Crippen molar-refractivity contribution >= 4 is 35.2 Å². The Labute approximate surface area is 165 Å². The van der Waals surface area contributed by atoms with E-state index in [1.807, 2.05) is 51.3 Å². The van der Waals surface area contributed by atoms with Crippen molar-refractivity contribution in [1.29, 1.82) is 0 Å². The number of carbonyl (C=O) groups excluding carboxylic acids is 3. The number of hydrogen-bond acceptors (Lipinski definition) is 5. The maximum Gasteiger partial charge on any atom is 0.309 e. The van der Waals surface area contributed by atoms with E-state index in [1.165, 1.54) is 0 Å². The van der Waals surface area contributed by atoms with Crippen LogP contribution in [0.2, 0.25) is 0 Å². The predicted octanol–water partition coefficient (Wildman–Crippen LogP) is 3.17. The van der Waals surface area contributed by atoms with Gasteiger partial charge in [0.2, 0.25) is 5.91 Å². The topological polar surface area (TPSA) is 75.7 Å². The zero-order valence-electron chi connectivity index (χ0n) is 16.4. The van der Waals surface area contributed by atoms with Crippen LogP contribution >= 0.6 is 11.8 Å². The summed E-state index contributed by atoms with van der Waals surface area (Å²) in [6, 6.07) is 7.46. The zero-order chi connectivity index (χ0) is 20.0. The molecule has 0 radical (unpaired) electrons. The van der Waals surface area contributed by atoms with Crippen molar-refractivity contribution in [3.8, 4) is 0 Å². The minimum Gasteiger partial charge on any atom is -0.455 e. The molecule has 0 atom stereocenters. The van der Waals surface area contributed by atoms with Crippen LogP contribution in [0.1, 0.15) is 33.6 Å². The van der Waals surface area contributed by atoms with E-state index in [0.717, 1.165) is 4.90 Å². The standard InChI is InChI=1S/C20H28N2O4S/c1-20(2,3)19(25)22-11-9-14(10-12-22)18(24)26-13-17(23)21-15-5-7-16(27-4)8-6-15/h5-8,14H,9-13H2,1-4H3,(H,21,23). The van der Waals surface area contributed by atoms with Crippen LogP contribution in [0.15, 0.2) is 29.2 Å². The summed E-state index contributed by atoms with van der Waals surface area (Å²) < 4.78 is 5.16. The first-order valence-corrected chi connectivity index (χ1v) is 10.3. The molecule has 7 heteroatoms. The third-order valence-electron chi connectivity index (χ3n) is 4.48. The highest BCUT2D eigenvalue weighted by Gasteiger charge is 2.33. The van der Waals surface area contributed by atoms with Gasteiger partial charge in [-0.3, -0.25) is 14.4 Å². The Balaban J connectivity index is 1.74. The Morgan fingerprint density at radius 2 is 1.74 bits per heavy atom. The molecule has 2 amide bonds. The van der Waals surface area contributed by atoms with Crippen LogP contribution in [-0.4, -0.2) is 48.6 Å². The van der Waals surface area contributed by atoms with Gasteiger partial charge in [0.05, 0.1) is 5.92 Å². The van der Waals surface area contributed by atoms with Crippen LogP contribution < -0.4 is 5.32 Å². The number of hydrogen-bond donors (Lipinski definition) is 1. The molecule has 1 fully saturated rings. The van der Waals surface area contributed by atoms with Crippen molar-refractivity contribution < 1.29 is 19.1 Å². The van der Waals surface area contributed by atoms with Crippen LogP contribution in [0.4, 0.5) is 5.69 Å². The van der Waals surface area contributed by atoms with Crippen LogP contribution in [-0.2, 0) is 19.1 Å². The molecule has 1 aromatic rings. The fourth-order valence-electron chi connectivity index (χ4n) is 2.92. The summed E-state index contributed by atoms with van der Waals surface area (Å²) in [7, 11) is 0. The number of rotatable bonds is 5. The first kappa shape index (κ1) is 21.3. The Bertz CT molecular complexity index is 674. The maximum atomic E-state index is 12.3. The van der Waals surface area contributed by atoms with Gasteiger partial charge in [0.25, 0.3) is 5.91 Å². The van der Waals surface area contributed by atoms with Crippen LogP contribution in [0.5, 0.6) is 0 Å². The molecule has 0 bridgehead atoms. The second-order valence-corrected chi connectivity index (χ2v) is 8.58. The van der Waals surface area contributed by atoms with Gasteiger partial charge in [-0.15, -0.1) is 11.8 Å². The molecule has 1 aliphatic rings. The Hall–Kier alpha value is -2.02. The second kappa shape index (κ2) is 9.26. The lowest BCUT2D eigenvalue weighted by atomic mass is 9.91. The van der Waals surface area contributed by atoms with Gasteiger partial charge in [-0.05, 0) is 43.4 Å². The normalized spacial score (nSPS) is 15.3. The summed E-state index contributed by atoms with van der Waals surface area (Å²) in [6.45, 7) is 6.47. The monoisotopic (exact) mass is 392 g/mol. The average molecular weight is 393 g/mol. The van der Waals surface area contributed by atoms with E-state index in [4.69, 9.17) is 4.74 Å². The van der Waals surface area contributed by atoms with Gasteiger partial charge in [0.15, 0.2) is 6.61 Å². The van der Waals surface area contributed by atoms with E-state index < -0.39 is 5.41 Å². The molecule has 1 aromatic carbocycles. The fraction of sp³-hybridized carbons (Fsp3) is 0.550. The summed E-state index contributed by atoms with van der Waals surface area (Å²) in [5.41, 5.74) is 0.252. The molecule has 1 saturated heterocycles. The lowest BCUT2D eigenvalue weighted by molar-refractivity contribution is -0.155. The number of piperidine rings is 1. The number of likely N-dealkylation sites (tertiary alicyclic amines) is 1. The second-order valence-electron chi connectivity index (χ2n) is 7.70. The van der Waals surface area contributed by atoms with Crippen LogP contribution in [0.3, 0.4) is 0 Å². The number of carbonyl (C=O) groups is 3. The molecular formula is C20H28N2O4S. The van der Waals surface area contributed by atoms with Crippen LogP contribution in [0.25, 0.3) is 0 Å². The molecule has 0 unspecified atom stereocenters. The van der Waals surface area contributed by atoms with Crippen molar-refractivity contribution in [1.82, 2.24) is 4.90 Å². The molecule has 0 spiro atoms. The minimum absolute atomic E-state index is 0.0983. The quantitative estimate of drug-likeness (QED) is 0.615.